The highest BCUT2D eigenvalue weighted by atomic mass is 16.5. The second-order valence-electron chi connectivity index (χ2n) is 7.92. The molecule has 3 fully saturated rings. The molecule has 2 aliphatic heterocycles. The average molecular weight is 294 g/mol. The van der Waals surface area contributed by atoms with Crippen molar-refractivity contribution < 1.29 is 4.74 Å². The van der Waals surface area contributed by atoms with Crippen LogP contribution in [0.4, 0.5) is 0 Å². The maximum absolute atomic E-state index is 6.44. The lowest BCUT2D eigenvalue weighted by Gasteiger charge is -2.33. The van der Waals surface area contributed by atoms with E-state index in [-0.39, 0.29) is 5.60 Å². The number of likely N-dealkylation sites (tertiary alicyclic amines) is 1. The predicted molar refractivity (Wildman–Crippen MR) is 87.6 cm³/mol. The van der Waals surface area contributed by atoms with Gasteiger partial charge in [0.05, 0.1) is 11.7 Å². The van der Waals surface area contributed by atoms with Gasteiger partial charge in [0.1, 0.15) is 0 Å². The van der Waals surface area contributed by atoms with Gasteiger partial charge in [-0.15, -0.1) is 0 Å². The van der Waals surface area contributed by atoms with Gasteiger partial charge in [-0.2, -0.15) is 0 Å². The van der Waals surface area contributed by atoms with E-state index in [4.69, 9.17) is 4.74 Å². The van der Waals surface area contributed by atoms with Crippen LogP contribution in [-0.2, 0) is 4.74 Å². The molecule has 3 nitrogen and oxygen atoms in total. The van der Waals surface area contributed by atoms with Crippen molar-refractivity contribution in [2.24, 2.45) is 5.92 Å². The van der Waals surface area contributed by atoms with E-state index in [0.717, 1.165) is 12.5 Å². The van der Waals surface area contributed by atoms with E-state index in [9.17, 15) is 0 Å². The van der Waals surface area contributed by atoms with Gasteiger partial charge in [0.15, 0.2) is 0 Å². The average Bonchev–Trinajstić information content (AvgIpc) is 3.08. The third-order valence-corrected chi connectivity index (χ3v) is 5.96. The van der Waals surface area contributed by atoms with Crippen LogP contribution in [0.3, 0.4) is 0 Å². The van der Waals surface area contributed by atoms with E-state index in [1.165, 1.54) is 71.0 Å². The van der Waals surface area contributed by atoms with Gasteiger partial charge >= 0.3 is 0 Å². The number of rotatable bonds is 5. The van der Waals surface area contributed by atoms with Crippen molar-refractivity contribution in [2.75, 3.05) is 26.2 Å². The number of nitrogens with zero attached hydrogens (tertiary/aromatic N) is 1. The molecule has 1 spiro atoms. The third-order valence-electron chi connectivity index (χ3n) is 5.96. The Kier molecular flexibility index (Phi) is 5.23. The van der Waals surface area contributed by atoms with Gasteiger partial charge in [-0.3, -0.25) is 0 Å². The Balaban J connectivity index is 1.33. The largest absolute Gasteiger partial charge is 0.370 e. The highest BCUT2D eigenvalue weighted by Gasteiger charge is 2.40. The minimum atomic E-state index is 0.284. The molecule has 3 aliphatic rings. The predicted octanol–water partition coefficient (Wildman–Crippen LogP) is 3.19. The summed E-state index contributed by atoms with van der Waals surface area (Å²) < 4.78 is 6.44. The molecule has 122 valence electrons. The zero-order valence-corrected chi connectivity index (χ0v) is 14.1. The van der Waals surface area contributed by atoms with Crippen LogP contribution < -0.4 is 5.32 Å². The van der Waals surface area contributed by atoms with Crippen LogP contribution in [0.5, 0.6) is 0 Å². The summed E-state index contributed by atoms with van der Waals surface area (Å²) in [6.45, 7) is 9.43. The molecular weight excluding hydrogens is 260 g/mol. The lowest BCUT2D eigenvalue weighted by molar-refractivity contribution is -0.0624. The molecule has 0 aromatic carbocycles. The van der Waals surface area contributed by atoms with Crippen LogP contribution in [0.25, 0.3) is 0 Å². The van der Waals surface area contributed by atoms with E-state index < -0.39 is 0 Å². The molecule has 3 heteroatoms. The summed E-state index contributed by atoms with van der Waals surface area (Å²) in [6.07, 6.45) is 11.2. The van der Waals surface area contributed by atoms with E-state index >= 15 is 0 Å². The van der Waals surface area contributed by atoms with E-state index in [0.29, 0.717) is 12.1 Å². The van der Waals surface area contributed by atoms with E-state index in [1.54, 1.807) is 0 Å². The number of hydrogen-bond donors (Lipinski definition) is 1. The Morgan fingerprint density at radius 3 is 2.62 bits per heavy atom. The van der Waals surface area contributed by atoms with E-state index in [1.807, 2.05) is 0 Å². The first kappa shape index (κ1) is 15.8. The maximum atomic E-state index is 6.44. The molecule has 2 heterocycles. The van der Waals surface area contributed by atoms with Gasteiger partial charge in [-0.1, -0.05) is 19.3 Å². The lowest BCUT2D eigenvalue weighted by atomic mass is 9.83. The number of ether oxygens (including phenoxy) is 1. The van der Waals surface area contributed by atoms with Gasteiger partial charge in [0, 0.05) is 19.1 Å². The van der Waals surface area contributed by atoms with Crippen LogP contribution in [0.1, 0.15) is 65.2 Å². The zero-order valence-electron chi connectivity index (χ0n) is 14.1. The van der Waals surface area contributed by atoms with Crippen molar-refractivity contribution in [1.29, 1.82) is 0 Å². The quantitative estimate of drug-likeness (QED) is 0.843. The van der Waals surface area contributed by atoms with Crippen molar-refractivity contribution in [1.82, 2.24) is 10.2 Å². The second-order valence-corrected chi connectivity index (χ2v) is 7.92. The van der Waals surface area contributed by atoms with Crippen molar-refractivity contribution in [3.63, 3.8) is 0 Å². The zero-order chi connectivity index (χ0) is 14.7. The minimum absolute atomic E-state index is 0.284. The summed E-state index contributed by atoms with van der Waals surface area (Å²) >= 11 is 0. The fourth-order valence-corrected chi connectivity index (χ4v) is 4.55. The lowest BCUT2D eigenvalue weighted by Crippen LogP contribution is -2.36. The molecule has 2 saturated heterocycles. The molecule has 0 bridgehead atoms. The van der Waals surface area contributed by atoms with Crippen molar-refractivity contribution in [2.45, 2.75) is 83.0 Å². The van der Waals surface area contributed by atoms with Gasteiger partial charge in [-0.25, -0.2) is 0 Å². The molecule has 0 radical (unpaired) electrons. The third kappa shape index (κ3) is 4.00. The van der Waals surface area contributed by atoms with Crippen LogP contribution in [0, 0.1) is 5.92 Å². The maximum Gasteiger partial charge on any atom is 0.0708 e. The summed E-state index contributed by atoms with van der Waals surface area (Å²) in [5, 5.41) is 3.70. The van der Waals surface area contributed by atoms with Crippen LogP contribution in [0.15, 0.2) is 0 Å². The first-order valence-corrected chi connectivity index (χ1v) is 9.29. The Morgan fingerprint density at radius 1 is 1.10 bits per heavy atom. The fourth-order valence-electron chi connectivity index (χ4n) is 4.55. The normalized spacial score (nSPS) is 33.3. The number of hydrogen-bond acceptors (Lipinski definition) is 3. The molecule has 0 aromatic heterocycles. The van der Waals surface area contributed by atoms with Gasteiger partial charge in [0.2, 0.25) is 0 Å². The molecular formula is C18H34N2O. The Hall–Kier alpha value is -0.120. The topological polar surface area (TPSA) is 24.5 Å². The van der Waals surface area contributed by atoms with E-state index in [2.05, 4.69) is 24.1 Å². The molecule has 1 saturated carbocycles. The van der Waals surface area contributed by atoms with Gasteiger partial charge in [0.25, 0.3) is 0 Å². The van der Waals surface area contributed by atoms with Crippen molar-refractivity contribution in [3.8, 4) is 0 Å². The molecule has 2 unspecified atom stereocenters. The fraction of sp³-hybridized carbons (Fsp3) is 1.00. The van der Waals surface area contributed by atoms with Crippen molar-refractivity contribution in [3.05, 3.63) is 0 Å². The van der Waals surface area contributed by atoms with Crippen LogP contribution in [-0.4, -0.2) is 48.8 Å². The monoisotopic (exact) mass is 294 g/mol. The molecule has 0 amide bonds. The highest BCUT2D eigenvalue weighted by Crippen LogP contribution is 2.41. The summed E-state index contributed by atoms with van der Waals surface area (Å²) in [4.78, 5) is 2.61. The Bertz CT molecular complexity index is 325. The smallest absolute Gasteiger partial charge is 0.0708 e. The molecule has 2 atom stereocenters. The molecule has 21 heavy (non-hydrogen) atoms. The van der Waals surface area contributed by atoms with Crippen LogP contribution in [0.2, 0.25) is 0 Å². The van der Waals surface area contributed by atoms with Crippen LogP contribution >= 0.6 is 0 Å². The SMILES string of the molecule is CC(C)N1CCC(CNCC2CCC3(CCCCC3)O2)C1. The van der Waals surface area contributed by atoms with Gasteiger partial charge in [-0.05, 0) is 65.0 Å². The standard InChI is InChI=1S/C18H34N2O/c1-15(2)20-11-7-16(14-20)12-19-13-17-6-10-18(21-17)8-4-3-5-9-18/h15-17,19H,3-14H2,1-2H3. The first-order chi connectivity index (χ1) is 10.2. The first-order valence-electron chi connectivity index (χ1n) is 9.29. The minimum Gasteiger partial charge on any atom is -0.370 e. The summed E-state index contributed by atoms with van der Waals surface area (Å²) in [6, 6.07) is 0.708. The Morgan fingerprint density at radius 2 is 1.90 bits per heavy atom. The summed E-state index contributed by atoms with van der Waals surface area (Å²) in [5.74, 6) is 0.845. The number of nitrogens with one attached hydrogen (secondary N) is 1. The molecule has 0 aromatic rings. The molecule has 1 aliphatic carbocycles. The Labute approximate surface area is 130 Å². The molecule has 3 rings (SSSR count). The van der Waals surface area contributed by atoms with Gasteiger partial charge < -0.3 is 15.0 Å². The highest BCUT2D eigenvalue weighted by molar-refractivity contribution is 4.92. The second kappa shape index (κ2) is 6.97. The molecule has 1 N–H and O–H groups in total. The summed E-state index contributed by atoms with van der Waals surface area (Å²) in [7, 11) is 0. The van der Waals surface area contributed by atoms with Crippen molar-refractivity contribution >= 4 is 0 Å². The summed E-state index contributed by atoms with van der Waals surface area (Å²) in [5.41, 5.74) is 0.284.